The van der Waals surface area contributed by atoms with Crippen molar-refractivity contribution in [2.75, 3.05) is 19.6 Å². The van der Waals surface area contributed by atoms with Crippen LogP contribution in [-0.4, -0.2) is 25.5 Å². The quantitative estimate of drug-likeness (QED) is 0.756. The van der Waals surface area contributed by atoms with E-state index >= 15 is 0 Å². The molecule has 24 heavy (non-hydrogen) atoms. The summed E-state index contributed by atoms with van der Waals surface area (Å²) in [7, 11) is 0. The Bertz CT molecular complexity index is 783. The first-order valence-electron chi connectivity index (χ1n) is 8.46. The summed E-state index contributed by atoms with van der Waals surface area (Å²) in [6, 6.07) is 13.5. The Morgan fingerprint density at radius 2 is 2.00 bits per heavy atom. The minimum atomic E-state index is -0.179. The predicted octanol–water partition coefficient (Wildman–Crippen LogP) is 2.18. The molecular weight excluding hydrogens is 304 g/mol. The van der Waals surface area contributed by atoms with Gasteiger partial charge in [-0.05, 0) is 24.3 Å². The number of quaternary nitrogens is 1. The SMILES string of the molecule is O=C(NC[C@H](c1ccco1)[NH+]1CCCC1)c1cc2ccccc2o1. The highest BCUT2D eigenvalue weighted by Crippen LogP contribution is 2.19. The number of amides is 1. The van der Waals surface area contributed by atoms with E-state index in [1.165, 1.54) is 17.7 Å². The van der Waals surface area contributed by atoms with Crippen molar-refractivity contribution in [2.45, 2.75) is 18.9 Å². The minimum absolute atomic E-state index is 0.149. The van der Waals surface area contributed by atoms with Crippen molar-refractivity contribution >= 4 is 16.9 Å². The number of nitrogens with one attached hydrogen (secondary N) is 2. The Labute approximate surface area is 140 Å². The number of hydrogen-bond donors (Lipinski definition) is 2. The number of hydrogen-bond acceptors (Lipinski definition) is 3. The predicted molar refractivity (Wildman–Crippen MR) is 89.9 cm³/mol. The van der Waals surface area contributed by atoms with Gasteiger partial charge >= 0.3 is 0 Å². The smallest absolute Gasteiger partial charge is 0.287 e. The Kier molecular flexibility index (Phi) is 4.09. The van der Waals surface area contributed by atoms with Gasteiger partial charge in [0.15, 0.2) is 17.6 Å². The third kappa shape index (κ3) is 2.95. The highest BCUT2D eigenvalue weighted by Gasteiger charge is 2.30. The molecule has 0 bridgehead atoms. The van der Waals surface area contributed by atoms with E-state index in [0.29, 0.717) is 12.3 Å². The highest BCUT2D eigenvalue weighted by molar-refractivity contribution is 5.96. The van der Waals surface area contributed by atoms with Gasteiger partial charge in [-0.15, -0.1) is 0 Å². The summed E-state index contributed by atoms with van der Waals surface area (Å²) >= 11 is 0. The summed E-state index contributed by atoms with van der Waals surface area (Å²) < 4.78 is 11.2. The minimum Gasteiger partial charge on any atom is -0.463 e. The molecular formula is C19H21N2O3+. The second-order valence-electron chi connectivity index (χ2n) is 6.29. The topological polar surface area (TPSA) is 59.8 Å². The van der Waals surface area contributed by atoms with E-state index in [0.717, 1.165) is 29.8 Å². The third-order valence-electron chi connectivity index (χ3n) is 4.74. The van der Waals surface area contributed by atoms with Crippen molar-refractivity contribution in [3.8, 4) is 0 Å². The fourth-order valence-electron chi connectivity index (χ4n) is 3.49. The average Bonchev–Trinajstić information content (AvgIpc) is 3.35. The molecule has 3 aromatic rings. The molecule has 1 fully saturated rings. The molecule has 1 amide bonds. The average molecular weight is 325 g/mol. The second kappa shape index (κ2) is 6.53. The van der Waals surface area contributed by atoms with Gasteiger partial charge in [0.25, 0.3) is 5.91 Å². The Hall–Kier alpha value is -2.53. The van der Waals surface area contributed by atoms with Crippen molar-refractivity contribution < 1.29 is 18.5 Å². The first kappa shape index (κ1) is 15.0. The molecule has 1 aliphatic rings. The second-order valence-corrected chi connectivity index (χ2v) is 6.29. The van der Waals surface area contributed by atoms with Crippen LogP contribution >= 0.6 is 0 Å². The molecule has 0 aliphatic carbocycles. The van der Waals surface area contributed by atoms with E-state index in [4.69, 9.17) is 8.83 Å². The molecule has 0 unspecified atom stereocenters. The number of fused-ring (bicyclic) bond motifs is 1. The number of carbonyl (C=O) groups excluding carboxylic acids is 1. The number of carbonyl (C=O) groups is 1. The van der Waals surface area contributed by atoms with E-state index < -0.39 is 0 Å². The van der Waals surface area contributed by atoms with Gasteiger partial charge < -0.3 is 19.1 Å². The van der Waals surface area contributed by atoms with Crippen LogP contribution < -0.4 is 10.2 Å². The lowest BCUT2D eigenvalue weighted by Gasteiger charge is -2.22. The van der Waals surface area contributed by atoms with Crippen molar-refractivity contribution in [2.24, 2.45) is 0 Å². The van der Waals surface area contributed by atoms with Crippen molar-refractivity contribution in [3.63, 3.8) is 0 Å². The molecule has 0 radical (unpaired) electrons. The normalized spacial score (nSPS) is 16.5. The Balaban J connectivity index is 1.48. The molecule has 0 spiro atoms. The zero-order valence-corrected chi connectivity index (χ0v) is 13.5. The standard InChI is InChI=1S/C19H20N2O3/c22-19(18-12-14-6-1-2-7-16(14)24-18)20-13-15(17-8-5-11-23-17)21-9-3-4-10-21/h1-2,5-8,11-12,15H,3-4,9-10,13H2,(H,20,22)/p+1/t15-/m1/s1. The van der Waals surface area contributed by atoms with Gasteiger partial charge in [0, 0.05) is 18.2 Å². The van der Waals surface area contributed by atoms with Gasteiger partial charge in [-0.25, -0.2) is 0 Å². The van der Waals surface area contributed by atoms with E-state index in [1.807, 2.05) is 36.4 Å². The molecule has 1 aromatic carbocycles. The Morgan fingerprint density at radius 3 is 2.75 bits per heavy atom. The number of likely N-dealkylation sites (tertiary alicyclic amines) is 1. The van der Waals surface area contributed by atoms with Gasteiger partial charge in [0.1, 0.15) is 5.58 Å². The summed E-state index contributed by atoms with van der Waals surface area (Å²) in [5.74, 6) is 1.10. The van der Waals surface area contributed by atoms with E-state index in [1.54, 1.807) is 12.3 Å². The van der Waals surface area contributed by atoms with Crippen molar-refractivity contribution in [1.82, 2.24) is 5.32 Å². The van der Waals surface area contributed by atoms with E-state index in [9.17, 15) is 4.79 Å². The van der Waals surface area contributed by atoms with E-state index in [2.05, 4.69) is 5.32 Å². The highest BCUT2D eigenvalue weighted by atomic mass is 16.3. The summed E-state index contributed by atoms with van der Waals surface area (Å²) in [5, 5.41) is 3.95. The lowest BCUT2D eigenvalue weighted by atomic mass is 10.2. The van der Waals surface area contributed by atoms with Gasteiger partial charge in [0.05, 0.1) is 25.9 Å². The molecule has 1 atom stereocenters. The van der Waals surface area contributed by atoms with Crippen LogP contribution in [0.5, 0.6) is 0 Å². The molecule has 5 heteroatoms. The first-order valence-corrected chi connectivity index (χ1v) is 8.46. The largest absolute Gasteiger partial charge is 0.463 e. The van der Waals surface area contributed by atoms with Gasteiger partial charge in [-0.1, -0.05) is 18.2 Å². The van der Waals surface area contributed by atoms with Crippen molar-refractivity contribution in [1.29, 1.82) is 0 Å². The molecule has 5 nitrogen and oxygen atoms in total. The van der Waals surface area contributed by atoms with E-state index in [-0.39, 0.29) is 11.9 Å². The van der Waals surface area contributed by atoms with Crippen LogP contribution in [0.2, 0.25) is 0 Å². The van der Waals surface area contributed by atoms with Crippen LogP contribution in [0.3, 0.4) is 0 Å². The van der Waals surface area contributed by atoms with Gasteiger partial charge in [0.2, 0.25) is 0 Å². The monoisotopic (exact) mass is 325 g/mol. The molecule has 2 N–H and O–H groups in total. The molecule has 0 saturated carbocycles. The summed E-state index contributed by atoms with van der Waals surface area (Å²) in [6.07, 6.45) is 4.15. The molecule has 3 heterocycles. The maximum absolute atomic E-state index is 12.5. The van der Waals surface area contributed by atoms with Crippen molar-refractivity contribution in [3.05, 3.63) is 60.2 Å². The maximum Gasteiger partial charge on any atom is 0.287 e. The first-order chi connectivity index (χ1) is 11.8. The van der Waals surface area contributed by atoms with Crippen LogP contribution in [0.15, 0.2) is 57.6 Å². The fraction of sp³-hybridized carbons (Fsp3) is 0.316. The summed E-state index contributed by atoms with van der Waals surface area (Å²) in [6.45, 7) is 2.77. The maximum atomic E-state index is 12.5. The lowest BCUT2D eigenvalue weighted by molar-refractivity contribution is -0.919. The van der Waals surface area contributed by atoms with Crippen LogP contribution in [0.1, 0.15) is 35.2 Å². The van der Waals surface area contributed by atoms with Crippen LogP contribution in [-0.2, 0) is 0 Å². The molecule has 4 rings (SSSR count). The summed E-state index contributed by atoms with van der Waals surface area (Å²) in [4.78, 5) is 13.9. The number of rotatable bonds is 5. The molecule has 1 aliphatic heterocycles. The molecule has 1 saturated heterocycles. The van der Waals surface area contributed by atoms with Crippen LogP contribution in [0, 0.1) is 0 Å². The Morgan fingerprint density at radius 1 is 1.17 bits per heavy atom. The van der Waals surface area contributed by atoms with Gasteiger partial charge in [-0.2, -0.15) is 0 Å². The molecule has 2 aromatic heterocycles. The van der Waals surface area contributed by atoms with Gasteiger partial charge in [-0.3, -0.25) is 4.79 Å². The number of furan rings is 2. The molecule has 124 valence electrons. The number of benzene rings is 1. The zero-order chi connectivity index (χ0) is 16.4. The van der Waals surface area contributed by atoms with Crippen LogP contribution in [0.4, 0.5) is 0 Å². The fourth-order valence-corrected chi connectivity index (χ4v) is 3.49. The lowest BCUT2D eigenvalue weighted by Crippen LogP contribution is -3.11. The summed E-state index contributed by atoms with van der Waals surface area (Å²) in [5.41, 5.74) is 0.732. The number of para-hydroxylation sites is 1. The third-order valence-corrected chi connectivity index (χ3v) is 4.74. The van der Waals surface area contributed by atoms with Crippen LogP contribution in [0.25, 0.3) is 11.0 Å². The zero-order valence-electron chi connectivity index (χ0n) is 13.5.